The predicted octanol–water partition coefficient (Wildman–Crippen LogP) is 3.02. The molecule has 26 heavy (non-hydrogen) atoms. The van der Waals surface area contributed by atoms with Crippen LogP contribution in [-0.2, 0) is 20.2 Å². The number of imidazole rings is 1. The third-order valence-corrected chi connectivity index (χ3v) is 4.99. The Morgan fingerprint density at radius 2 is 2.00 bits per heavy atom. The number of rotatable bonds is 4. The topological polar surface area (TPSA) is 52.3 Å². The summed E-state index contributed by atoms with van der Waals surface area (Å²) in [6.07, 6.45) is 5.70. The molecule has 3 heterocycles. The van der Waals surface area contributed by atoms with Crippen molar-refractivity contribution in [3.8, 4) is 5.75 Å². The molecule has 0 aliphatic carbocycles. The van der Waals surface area contributed by atoms with Crippen LogP contribution in [-0.4, -0.2) is 31.5 Å². The highest BCUT2D eigenvalue weighted by Crippen LogP contribution is 2.27. The molecule has 1 aliphatic rings. The molecule has 0 spiro atoms. The fraction of sp³-hybridized carbons (Fsp3) is 0.300. The number of carbonyl (C=O) groups excluding carboxylic acids is 1. The Morgan fingerprint density at radius 1 is 1.19 bits per heavy atom. The van der Waals surface area contributed by atoms with Gasteiger partial charge in [0, 0.05) is 50.0 Å². The molecule has 0 radical (unpaired) electrons. The molecule has 1 unspecified atom stereocenters. The van der Waals surface area contributed by atoms with Crippen molar-refractivity contribution in [2.75, 3.05) is 6.54 Å². The zero-order valence-corrected chi connectivity index (χ0v) is 15.0. The molecule has 3 aromatic rings. The molecule has 1 atom stereocenters. The molecule has 0 saturated heterocycles. The maximum atomic E-state index is 12.9. The minimum Gasteiger partial charge on any atom is -0.486 e. The number of amides is 1. The van der Waals surface area contributed by atoms with E-state index in [2.05, 4.69) is 28.7 Å². The first-order valence-electron chi connectivity index (χ1n) is 8.78. The predicted molar refractivity (Wildman–Crippen MR) is 97.9 cm³/mol. The van der Waals surface area contributed by atoms with Crippen LogP contribution in [0.25, 0.3) is 0 Å². The summed E-state index contributed by atoms with van der Waals surface area (Å²) in [5.41, 5.74) is 1.86. The average molecular weight is 350 g/mol. The highest BCUT2D eigenvalue weighted by Gasteiger charge is 2.27. The van der Waals surface area contributed by atoms with Crippen LogP contribution < -0.4 is 4.74 Å². The van der Waals surface area contributed by atoms with Crippen molar-refractivity contribution in [1.82, 2.24) is 19.0 Å². The Labute approximate surface area is 152 Å². The molecule has 6 heteroatoms. The van der Waals surface area contributed by atoms with Crippen LogP contribution in [0.2, 0.25) is 0 Å². The van der Waals surface area contributed by atoms with Crippen LogP contribution >= 0.6 is 0 Å². The molecule has 0 bridgehead atoms. The van der Waals surface area contributed by atoms with Gasteiger partial charge in [0.2, 0.25) is 0 Å². The lowest BCUT2D eigenvalue weighted by Gasteiger charge is -2.35. The van der Waals surface area contributed by atoms with Gasteiger partial charge in [-0.25, -0.2) is 4.98 Å². The highest BCUT2D eigenvalue weighted by atomic mass is 16.5. The number of nitrogens with zero attached hydrogens (tertiary/aromatic N) is 4. The van der Waals surface area contributed by atoms with Gasteiger partial charge in [-0.2, -0.15) is 0 Å². The zero-order valence-electron chi connectivity index (χ0n) is 15.0. The van der Waals surface area contributed by atoms with E-state index in [1.165, 1.54) is 5.69 Å². The summed E-state index contributed by atoms with van der Waals surface area (Å²) in [6, 6.07) is 11.5. The van der Waals surface area contributed by atoms with Crippen molar-refractivity contribution in [1.29, 1.82) is 0 Å². The largest absolute Gasteiger partial charge is 0.486 e. The molecular weight excluding hydrogens is 328 g/mol. The molecule has 1 amide bonds. The molecular formula is C20H22N4O2. The van der Waals surface area contributed by atoms with E-state index >= 15 is 0 Å². The maximum absolute atomic E-state index is 12.9. The zero-order chi connectivity index (χ0) is 18.1. The lowest BCUT2D eigenvalue weighted by Crippen LogP contribution is -2.40. The minimum atomic E-state index is 0.0561. The van der Waals surface area contributed by atoms with Crippen molar-refractivity contribution >= 4 is 5.91 Å². The van der Waals surface area contributed by atoms with Crippen molar-refractivity contribution in [2.24, 2.45) is 7.05 Å². The van der Waals surface area contributed by atoms with Crippen LogP contribution in [0.4, 0.5) is 0 Å². The molecule has 1 aliphatic heterocycles. The molecule has 1 aromatic carbocycles. The van der Waals surface area contributed by atoms with Gasteiger partial charge in [-0.1, -0.05) is 0 Å². The molecule has 2 aromatic heterocycles. The smallest absolute Gasteiger partial charge is 0.254 e. The Morgan fingerprint density at radius 3 is 2.73 bits per heavy atom. The van der Waals surface area contributed by atoms with Gasteiger partial charge in [-0.15, -0.1) is 0 Å². The van der Waals surface area contributed by atoms with Gasteiger partial charge < -0.3 is 18.8 Å². The number of hydrogen-bond donors (Lipinski definition) is 0. The summed E-state index contributed by atoms with van der Waals surface area (Å²) in [4.78, 5) is 19.1. The van der Waals surface area contributed by atoms with Crippen LogP contribution in [0.5, 0.6) is 5.75 Å². The average Bonchev–Trinajstić information content (AvgIpc) is 3.29. The number of benzene rings is 1. The quantitative estimate of drug-likeness (QED) is 0.727. The third-order valence-electron chi connectivity index (χ3n) is 4.99. The first-order chi connectivity index (χ1) is 12.6. The molecule has 4 rings (SSSR count). The van der Waals surface area contributed by atoms with Crippen molar-refractivity contribution in [3.05, 3.63) is 72.1 Å². The Bertz CT molecular complexity index is 910. The molecule has 134 valence electrons. The highest BCUT2D eigenvalue weighted by molar-refractivity contribution is 5.94. The van der Waals surface area contributed by atoms with Crippen LogP contribution in [0, 0.1) is 0 Å². The number of carbonyl (C=O) groups is 1. The number of aromatic nitrogens is 3. The molecule has 0 fully saturated rings. The van der Waals surface area contributed by atoms with Gasteiger partial charge in [-0.3, -0.25) is 4.79 Å². The van der Waals surface area contributed by atoms with E-state index in [-0.39, 0.29) is 11.9 Å². The van der Waals surface area contributed by atoms with E-state index in [4.69, 9.17) is 4.74 Å². The van der Waals surface area contributed by atoms with E-state index in [0.29, 0.717) is 12.2 Å². The standard InChI is InChI=1S/C20H22N4O2/c1-15-18-4-3-10-23(18)12-13-24(15)20(25)16-5-7-17(8-6-16)26-14-19-21-9-11-22(19)2/h3-11,15H,12-14H2,1-2H3. The molecule has 0 saturated carbocycles. The number of fused-ring (bicyclic) bond motifs is 1. The lowest BCUT2D eigenvalue weighted by atomic mass is 10.1. The Hall–Kier alpha value is -3.02. The van der Waals surface area contributed by atoms with Gasteiger partial charge in [0.1, 0.15) is 18.2 Å². The summed E-state index contributed by atoms with van der Waals surface area (Å²) in [5.74, 6) is 1.64. The third kappa shape index (κ3) is 2.98. The van der Waals surface area contributed by atoms with Crippen molar-refractivity contribution < 1.29 is 9.53 Å². The summed E-state index contributed by atoms with van der Waals surface area (Å²) >= 11 is 0. The minimum absolute atomic E-state index is 0.0561. The van der Waals surface area contributed by atoms with Gasteiger partial charge in [0.05, 0.1) is 6.04 Å². The second-order valence-corrected chi connectivity index (χ2v) is 6.57. The summed E-state index contributed by atoms with van der Waals surface area (Å²) < 4.78 is 9.89. The van der Waals surface area contributed by atoms with Crippen LogP contribution in [0.3, 0.4) is 0 Å². The molecule has 6 nitrogen and oxygen atoms in total. The normalized spacial score (nSPS) is 16.4. The summed E-state index contributed by atoms with van der Waals surface area (Å²) in [7, 11) is 1.93. The van der Waals surface area contributed by atoms with Gasteiger partial charge in [0.15, 0.2) is 0 Å². The van der Waals surface area contributed by atoms with Crippen LogP contribution in [0.1, 0.15) is 34.8 Å². The number of ether oxygens (including phenoxy) is 1. The van der Waals surface area contributed by atoms with E-state index in [9.17, 15) is 4.79 Å². The van der Waals surface area contributed by atoms with Crippen molar-refractivity contribution in [2.45, 2.75) is 26.1 Å². The fourth-order valence-electron chi connectivity index (χ4n) is 3.40. The fourth-order valence-corrected chi connectivity index (χ4v) is 3.40. The summed E-state index contributed by atoms with van der Waals surface area (Å²) in [5, 5.41) is 0. The summed E-state index contributed by atoms with van der Waals surface area (Å²) in [6.45, 7) is 4.03. The molecule has 0 N–H and O–H groups in total. The second kappa shape index (κ2) is 6.71. The van der Waals surface area contributed by atoms with E-state index in [1.54, 1.807) is 6.20 Å². The monoisotopic (exact) mass is 350 g/mol. The maximum Gasteiger partial charge on any atom is 0.254 e. The lowest BCUT2D eigenvalue weighted by molar-refractivity contribution is 0.0644. The van der Waals surface area contributed by atoms with E-state index in [0.717, 1.165) is 24.7 Å². The first-order valence-corrected chi connectivity index (χ1v) is 8.78. The number of hydrogen-bond acceptors (Lipinski definition) is 3. The van der Waals surface area contributed by atoms with Gasteiger partial charge >= 0.3 is 0 Å². The SMILES string of the molecule is CC1c2cccn2CCN1C(=O)c1ccc(OCc2nccn2C)cc1. The van der Waals surface area contributed by atoms with Crippen molar-refractivity contribution in [3.63, 3.8) is 0 Å². The first kappa shape index (κ1) is 16.4. The van der Waals surface area contributed by atoms with Gasteiger partial charge in [-0.05, 0) is 43.3 Å². The second-order valence-electron chi connectivity index (χ2n) is 6.57. The van der Waals surface area contributed by atoms with E-state index < -0.39 is 0 Å². The van der Waals surface area contributed by atoms with Crippen LogP contribution in [0.15, 0.2) is 55.0 Å². The van der Waals surface area contributed by atoms with E-state index in [1.807, 2.05) is 53.0 Å². The number of aryl methyl sites for hydroxylation is 1. The Kier molecular flexibility index (Phi) is 4.24. The van der Waals surface area contributed by atoms with Gasteiger partial charge in [0.25, 0.3) is 5.91 Å². The Balaban J connectivity index is 1.43.